The molecule has 0 aromatic heterocycles. The van der Waals surface area contributed by atoms with E-state index in [1.165, 1.54) is 5.56 Å². The van der Waals surface area contributed by atoms with E-state index < -0.39 is 0 Å². The number of benzene rings is 1. The Morgan fingerprint density at radius 1 is 1.40 bits per heavy atom. The predicted octanol–water partition coefficient (Wildman–Crippen LogP) is 0.428. The van der Waals surface area contributed by atoms with E-state index in [-0.39, 0.29) is 17.9 Å². The van der Waals surface area contributed by atoms with E-state index in [1.807, 2.05) is 25.2 Å². The Balaban J connectivity index is 2.16. The molecule has 1 aromatic carbocycles. The average molecular weight is 203 g/mol. The van der Waals surface area contributed by atoms with Crippen LogP contribution in [0.25, 0.3) is 0 Å². The highest BCUT2D eigenvalue weighted by molar-refractivity contribution is 5.98. The van der Waals surface area contributed by atoms with Crippen LogP contribution in [0.3, 0.4) is 0 Å². The van der Waals surface area contributed by atoms with E-state index in [0.717, 1.165) is 5.69 Å². The summed E-state index contributed by atoms with van der Waals surface area (Å²) in [5.74, 6) is 0.223. The lowest BCUT2D eigenvalue weighted by molar-refractivity contribution is -0.122. The summed E-state index contributed by atoms with van der Waals surface area (Å²) >= 11 is 0. The minimum atomic E-state index is 0.0323. The second kappa shape index (κ2) is 3.05. The van der Waals surface area contributed by atoms with Gasteiger partial charge in [-0.15, -0.1) is 0 Å². The van der Waals surface area contributed by atoms with Gasteiger partial charge in [0.05, 0.1) is 12.0 Å². The van der Waals surface area contributed by atoms with Gasteiger partial charge in [0.25, 0.3) is 0 Å². The first kappa shape index (κ1) is 8.88. The van der Waals surface area contributed by atoms with Crippen molar-refractivity contribution in [2.24, 2.45) is 5.92 Å². The summed E-state index contributed by atoms with van der Waals surface area (Å²) in [4.78, 5) is 13.8. The minimum absolute atomic E-state index is 0.0323. The van der Waals surface area contributed by atoms with Crippen molar-refractivity contribution >= 4 is 11.6 Å². The fourth-order valence-electron chi connectivity index (χ4n) is 2.45. The molecular formula is C11H13N3O. The smallest absolute Gasteiger partial charge is 0.233 e. The molecule has 0 saturated carbocycles. The molecule has 1 fully saturated rings. The molecule has 15 heavy (non-hydrogen) atoms. The molecule has 2 heterocycles. The Bertz CT molecular complexity index is 418. The van der Waals surface area contributed by atoms with E-state index in [9.17, 15) is 4.79 Å². The molecule has 2 aliphatic rings. The number of hydrogen-bond acceptors (Lipinski definition) is 3. The van der Waals surface area contributed by atoms with E-state index in [4.69, 9.17) is 0 Å². The Morgan fingerprint density at radius 2 is 2.20 bits per heavy atom. The summed E-state index contributed by atoms with van der Waals surface area (Å²) in [6.45, 7) is 0.710. The van der Waals surface area contributed by atoms with E-state index in [0.29, 0.717) is 6.54 Å². The molecule has 2 atom stereocenters. The highest BCUT2D eigenvalue weighted by atomic mass is 16.2. The molecule has 0 radical (unpaired) electrons. The van der Waals surface area contributed by atoms with Crippen LogP contribution in [0.15, 0.2) is 24.3 Å². The Labute approximate surface area is 88.2 Å². The van der Waals surface area contributed by atoms with Gasteiger partial charge in [0.15, 0.2) is 0 Å². The maximum atomic E-state index is 12.0. The van der Waals surface area contributed by atoms with Crippen molar-refractivity contribution in [1.29, 1.82) is 0 Å². The third-order valence-electron chi connectivity index (χ3n) is 3.26. The summed E-state index contributed by atoms with van der Waals surface area (Å²) in [5.41, 5.74) is 8.44. The topological polar surface area (TPSA) is 44.4 Å². The van der Waals surface area contributed by atoms with Crippen molar-refractivity contribution in [2.45, 2.75) is 6.04 Å². The second-order valence-corrected chi connectivity index (χ2v) is 4.07. The van der Waals surface area contributed by atoms with Gasteiger partial charge in [-0.3, -0.25) is 10.2 Å². The van der Waals surface area contributed by atoms with Crippen LogP contribution in [-0.2, 0) is 4.79 Å². The first-order chi connectivity index (χ1) is 7.29. The van der Waals surface area contributed by atoms with Crippen LogP contribution in [0.4, 0.5) is 5.69 Å². The fraction of sp³-hybridized carbons (Fsp3) is 0.364. The van der Waals surface area contributed by atoms with Crippen LogP contribution in [0.2, 0.25) is 0 Å². The first-order valence-electron chi connectivity index (χ1n) is 5.14. The summed E-state index contributed by atoms with van der Waals surface area (Å²) in [6.07, 6.45) is 0. The molecule has 1 aromatic rings. The van der Waals surface area contributed by atoms with Crippen LogP contribution >= 0.6 is 0 Å². The molecule has 0 spiro atoms. The lowest BCUT2D eigenvalue weighted by Gasteiger charge is -2.33. The van der Waals surface area contributed by atoms with Crippen molar-refractivity contribution in [3.8, 4) is 0 Å². The largest absolute Gasteiger partial charge is 0.315 e. The number of rotatable bonds is 0. The highest BCUT2D eigenvalue weighted by Gasteiger charge is 2.41. The maximum Gasteiger partial charge on any atom is 0.233 e. The van der Waals surface area contributed by atoms with Gasteiger partial charge in [0, 0.05) is 19.3 Å². The summed E-state index contributed by atoms with van der Waals surface area (Å²) in [7, 11) is 1.84. The standard InChI is InChI=1S/C11H13N3O/c1-14-9-5-3-2-4-7(9)10-8(11(14)15)6-12-13-10/h2-5,8,10,12-13H,6H2,1H3. The predicted molar refractivity (Wildman–Crippen MR) is 57.2 cm³/mol. The zero-order valence-electron chi connectivity index (χ0n) is 8.53. The lowest BCUT2D eigenvalue weighted by Crippen LogP contribution is -2.41. The van der Waals surface area contributed by atoms with Gasteiger partial charge in [0.2, 0.25) is 5.91 Å². The number of hydrogen-bond donors (Lipinski definition) is 2. The molecule has 4 nitrogen and oxygen atoms in total. The molecule has 78 valence electrons. The van der Waals surface area contributed by atoms with Gasteiger partial charge in [-0.05, 0) is 11.6 Å². The van der Waals surface area contributed by atoms with Crippen LogP contribution in [0.5, 0.6) is 0 Å². The van der Waals surface area contributed by atoms with Gasteiger partial charge in [-0.2, -0.15) is 0 Å². The van der Waals surface area contributed by atoms with E-state index in [1.54, 1.807) is 4.90 Å². The SMILES string of the molecule is CN1C(=O)C2CNNC2c2ccccc21. The van der Waals surface area contributed by atoms with E-state index >= 15 is 0 Å². The molecular weight excluding hydrogens is 190 g/mol. The molecule has 2 aliphatic heterocycles. The van der Waals surface area contributed by atoms with Crippen LogP contribution in [0.1, 0.15) is 11.6 Å². The number of para-hydroxylation sites is 1. The zero-order valence-corrected chi connectivity index (χ0v) is 8.53. The number of carbonyl (C=O) groups excluding carboxylic acids is 1. The van der Waals surface area contributed by atoms with Crippen molar-refractivity contribution in [3.05, 3.63) is 29.8 Å². The number of carbonyl (C=O) groups is 1. The molecule has 0 bridgehead atoms. The number of nitrogens with one attached hydrogen (secondary N) is 2. The second-order valence-electron chi connectivity index (χ2n) is 4.07. The number of fused-ring (bicyclic) bond motifs is 3. The average Bonchev–Trinajstić information content (AvgIpc) is 2.75. The van der Waals surface area contributed by atoms with E-state index in [2.05, 4.69) is 16.9 Å². The Kier molecular flexibility index (Phi) is 1.81. The normalized spacial score (nSPS) is 28.9. The molecule has 2 N–H and O–H groups in total. The van der Waals surface area contributed by atoms with Crippen molar-refractivity contribution < 1.29 is 4.79 Å². The van der Waals surface area contributed by atoms with Crippen LogP contribution in [0, 0.1) is 5.92 Å². The number of amides is 1. The molecule has 3 rings (SSSR count). The fourth-order valence-corrected chi connectivity index (χ4v) is 2.45. The van der Waals surface area contributed by atoms with Crippen molar-refractivity contribution in [3.63, 3.8) is 0 Å². The van der Waals surface area contributed by atoms with Gasteiger partial charge >= 0.3 is 0 Å². The van der Waals surface area contributed by atoms with Crippen LogP contribution < -0.4 is 15.8 Å². The number of anilines is 1. The Morgan fingerprint density at radius 3 is 3.07 bits per heavy atom. The maximum absolute atomic E-state index is 12.0. The first-order valence-corrected chi connectivity index (χ1v) is 5.14. The molecule has 4 heteroatoms. The van der Waals surface area contributed by atoms with Gasteiger partial charge in [-0.25, -0.2) is 5.43 Å². The van der Waals surface area contributed by atoms with Crippen molar-refractivity contribution in [2.75, 3.05) is 18.5 Å². The van der Waals surface area contributed by atoms with Gasteiger partial charge in [0.1, 0.15) is 0 Å². The molecule has 1 amide bonds. The third-order valence-corrected chi connectivity index (χ3v) is 3.26. The monoisotopic (exact) mass is 203 g/mol. The summed E-state index contributed by atoms with van der Waals surface area (Å²) < 4.78 is 0. The quantitative estimate of drug-likeness (QED) is 0.642. The Hall–Kier alpha value is -1.39. The number of hydrazine groups is 1. The lowest BCUT2D eigenvalue weighted by atomic mass is 9.88. The van der Waals surface area contributed by atoms with Gasteiger partial charge < -0.3 is 4.90 Å². The van der Waals surface area contributed by atoms with Gasteiger partial charge in [-0.1, -0.05) is 18.2 Å². The third kappa shape index (κ3) is 1.12. The molecule has 1 saturated heterocycles. The minimum Gasteiger partial charge on any atom is -0.315 e. The highest BCUT2D eigenvalue weighted by Crippen LogP contribution is 2.38. The molecule has 2 unspecified atom stereocenters. The van der Waals surface area contributed by atoms with Crippen LogP contribution in [-0.4, -0.2) is 19.5 Å². The zero-order chi connectivity index (χ0) is 10.4. The summed E-state index contributed by atoms with van der Waals surface area (Å²) in [5, 5.41) is 0. The van der Waals surface area contributed by atoms with Crippen molar-refractivity contribution in [1.82, 2.24) is 10.9 Å². The molecule has 0 aliphatic carbocycles. The number of nitrogens with zero attached hydrogens (tertiary/aromatic N) is 1. The summed E-state index contributed by atoms with van der Waals surface area (Å²) in [6, 6.07) is 8.18.